The zero-order valence-electron chi connectivity index (χ0n) is 8.92. The SMILES string of the molecule is COc1c(C)cc(NC(=O)C#N)cc1C. The van der Waals surface area contributed by atoms with Crippen molar-refractivity contribution in [3.8, 4) is 11.8 Å². The van der Waals surface area contributed by atoms with Gasteiger partial charge in [-0.3, -0.25) is 4.79 Å². The minimum absolute atomic E-state index is 0.609. The summed E-state index contributed by atoms with van der Waals surface area (Å²) in [5, 5.41) is 10.8. The van der Waals surface area contributed by atoms with Crippen molar-refractivity contribution in [1.82, 2.24) is 0 Å². The van der Waals surface area contributed by atoms with Crippen molar-refractivity contribution in [2.24, 2.45) is 0 Å². The summed E-state index contributed by atoms with van der Waals surface area (Å²) in [6, 6.07) is 5.03. The van der Waals surface area contributed by atoms with E-state index in [1.807, 2.05) is 13.8 Å². The van der Waals surface area contributed by atoms with E-state index in [0.717, 1.165) is 16.9 Å². The number of amides is 1. The number of methoxy groups -OCH3 is 1. The highest BCUT2D eigenvalue weighted by atomic mass is 16.5. The Labute approximate surface area is 88.5 Å². The standard InChI is InChI=1S/C11H12N2O2/c1-7-4-9(13-10(14)6-12)5-8(2)11(7)15-3/h4-5H,1-3H3,(H,13,14). The number of nitrogens with zero attached hydrogens (tertiary/aromatic N) is 1. The third-order valence-corrected chi connectivity index (χ3v) is 2.02. The molecule has 0 aliphatic heterocycles. The van der Waals surface area contributed by atoms with Crippen LogP contribution in [-0.4, -0.2) is 13.0 Å². The van der Waals surface area contributed by atoms with E-state index < -0.39 is 5.91 Å². The first-order valence-electron chi connectivity index (χ1n) is 4.44. The van der Waals surface area contributed by atoms with Gasteiger partial charge in [-0.25, -0.2) is 0 Å². The van der Waals surface area contributed by atoms with Gasteiger partial charge in [0.2, 0.25) is 0 Å². The Morgan fingerprint density at radius 3 is 2.33 bits per heavy atom. The summed E-state index contributed by atoms with van der Waals surface area (Å²) >= 11 is 0. The number of carbonyl (C=O) groups excluding carboxylic acids is 1. The summed E-state index contributed by atoms with van der Waals surface area (Å²) in [5.74, 6) is 0.129. The lowest BCUT2D eigenvalue weighted by Gasteiger charge is -2.10. The maximum atomic E-state index is 10.9. The molecule has 4 heteroatoms. The van der Waals surface area contributed by atoms with Crippen LogP contribution in [0.2, 0.25) is 0 Å². The predicted molar refractivity (Wildman–Crippen MR) is 56.7 cm³/mol. The molecule has 0 aliphatic carbocycles. The van der Waals surface area contributed by atoms with Gasteiger partial charge in [0.05, 0.1) is 7.11 Å². The van der Waals surface area contributed by atoms with Crippen molar-refractivity contribution in [3.63, 3.8) is 0 Å². The summed E-state index contributed by atoms with van der Waals surface area (Å²) in [6.45, 7) is 3.77. The third kappa shape index (κ3) is 2.47. The van der Waals surface area contributed by atoms with Gasteiger partial charge >= 0.3 is 5.91 Å². The molecular formula is C11H12N2O2. The Bertz CT molecular complexity index is 410. The van der Waals surface area contributed by atoms with Crippen LogP contribution in [0.5, 0.6) is 5.75 Å². The van der Waals surface area contributed by atoms with Crippen LogP contribution in [0.4, 0.5) is 5.69 Å². The van der Waals surface area contributed by atoms with Gasteiger partial charge in [-0.1, -0.05) is 0 Å². The van der Waals surface area contributed by atoms with Gasteiger partial charge in [-0.2, -0.15) is 5.26 Å². The summed E-state index contributed by atoms with van der Waals surface area (Å²) in [7, 11) is 1.60. The predicted octanol–water partition coefficient (Wildman–Crippen LogP) is 1.77. The second-order valence-electron chi connectivity index (χ2n) is 3.21. The van der Waals surface area contributed by atoms with Crippen LogP contribution in [-0.2, 0) is 4.79 Å². The minimum atomic E-state index is -0.668. The Morgan fingerprint density at radius 2 is 1.93 bits per heavy atom. The van der Waals surface area contributed by atoms with Gasteiger partial charge in [0.25, 0.3) is 0 Å². The molecule has 0 radical (unpaired) electrons. The van der Waals surface area contributed by atoms with E-state index in [2.05, 4.69) is 5.32 Å². The van der Waals surface area contributed by atoms with Crippen LogP contribution in [0.1, 0.15) is 11.1 Å². The number of aryl methyl sites for hydroxylation is 2. The summed E-state index contributed by atoms with van der Waals surface area (Å²) in [6.07, 6.45) is 0. The number of nitriles is 1. The quantitative estimate of drug-likeness (QED) is 0.747. The monoisotopic (exact) mass is 204 g/mol. The van der Waals surface area contributed by atoms with E-state index in [1.54, 1.807) is 19.2 Å². The average Bonchev–Trinajstić information content (AvgIpc) is 2.17. The van der Waals surface area contributed by atoms with E-state index in [-0.39, 0.29) is 0 Å². The van der Waals surface area contributed by atoms with Crippen LogP contribution >= 0.6 is 0 Å². The maximum Gasteiger partial charge on any atom is 0.326 e. The molecule has 1 N–H and O–H groups in total. The number of benzene rings is 1. The molecule has 0 saturated heterocycles. The number of hydrogen-bond acceptors (Lipinski definition) is 3. The molecule has 0 bridgehead atoms. The smallest absolute Gasteiger partial charge is 0.326 e. The molecule has 0 spiro atoms. The molecule has 78 valence electrons. The maximum absolute atomic E-state index is 10.9. The van der Waals surface area contributed by atoms with E-state index in [0.29, 0.717) is 5.69 Å². The number of rotatable bonds is 2. The van der Waals surface area contributed by atoms with Crippen molar-refractivity contribution in [2.45, 2.75) is 13.8 Å². The first-order valence-corrected chi connectivity index (χ1v) is 4.44. The van der Waals surface area contributed by atoms with Crippen molar-refractivity contribution >= 4 is 11.6 Å². The third-order valence-electron chi connectivity index (χ3n) is 2.02. The molecule has 4 nitrogen and oxygen atoms in total. The largest absolute Gasteiger partial charge is 0.496 e. The average molecular weight is 204 g/mol. The zero-order chi connectivity index (χ0) is 11.4. The highest BCUT2D eigenvalue weighted by Crippen LogP contribution is 2.26. The first kappa shape index (κ1) is 11.1. The van der Waals surface area contributed by atoms with Crippen molar-refractivity contribution < 1.29 is 9.53 Å². The van der Waals surface area contributed by atoms with Gasteiger partial charge in [-0.15, -0.1) is 0 Å². The highest BCUT2D eigenvalue weighted by molar-refractivity contribution is 6.02. The lowest BCUT2D eigenvalue weighted by molar-refractivity contribution is -0.111. The Kier molecular flexibility index (Phi) is 3.29. The molecule has 0 aromatic heterocycles. The normalized spacial score (nSPS) is 9.20. The lowest BCUT2D eigenvalue weighted by atomic mass is 10.1. The number of ether oxygens (including phenoxy) is 1. The minimum Gasteiger partial charge on any atom is -0.496 e. The molecule has 1 aromatic carbocycles. The van der Waals surface area contributed by atoms with Crippen LogP contribution in [0, 0.1) is 25.2 Å². The molecule has 0 unspecified atom stereocenters. The number of nitrogens with one attached hydrogen (secondary N) is 1. The second kappa shape index (κ2) is 4.47. The topological polar surface area (TPSA) is 62.1 Å². The van der Waals surface area contributed by atoms with Crippen molar-refractivity contribution in [1.29, 1.82) is 5.26 Å². The Hall–Kier alpha value is -2.02. The van der Waals surface area contributed by atoms with Crippen molar-refractivity contribution in [3.05, 3.63) is 23.3 Å². The highest BCUT2D eigenvalue weighted by Gasteiger charge is 2.06. The molecule has 0 atom stereocenters. The summed E-state index contributed by atoms with van der Waals surface area (Å²) in [4.78, 5) is 10.9. The Morgan fingerprint density at radius 1 is 1.40 bits per heavy atom. The number of carbonyl (C=O) groups is 1. The van der Waals surface area contributed by atoms with Gasteiger partial charge in [0.15, 0.2) is 6.07 Å². The molecule has 0 aliphatic rings. The van der Waals surface area contributed by atoms with Crippen LogP contribution in [0.3, 0.4) is 0 Å². The molecule has 15 heavy (non-hydrogen) atoms. The van der Waals surface area contributed by atoms with Gasteiger partial charge in [-0.05, 0) is 37.1 Å². The Balaban J connectivity index is 3.05. The fourth-order valence-corrected chi connectivity index (χ4v) is 1.50. The molecular weight excluding hydrogens is 192 g/mol. The molecule has 1 aromatic rings. The fourth-order valence-electron chi connectivity index (χ4n) is 1.50. The molecule has 0 heterocycles. The molecule has 0 saturated carbocycles. The molecule has 1 amide bonds. The second-order valence-corrected chi connectivity index (χ2v) is 3.21. The van der Waals surface area contributed by atoms with Gasteiger partial charge < -0.3 is 10.1 Å². The van der Waals surface area contributed by atoms with Gasteiger partial charge in [0, 0.05) is 5.69 Å². The fraction of sp³-hybridized carbons (Fsp3) is 0.273. The lowest BCUT2D eigenvalue weighted by Crippen LogP contribution is -2.08. The van der Waals surface area contributed by atoms with E-state index in [9.17, 15) is 4.79 Å². The number of hydrogen-bond donors (Lipinski definition) is 1. The van der Waals surface area contributed by atoms with Crippen LogP contribution in [0.25, 0.3) is 0 Å². The number of anilines is 1. The van der Waals surface area contributed by atoms with E-state index in [4.69, 9.17) is 10.00 Å². The van der Waals surface area contributed by atoms with Crippen LogP contribution in [0.15, 0.2) is 12.1 Å². The zero-order valence-corrected chi connectivity index (χ0v) is 8.92. The molecule has 1 rings (SSSR count). The first-order chi connectivity index (χ1) is 7.08. The molecule has 0 fully saturated rings. The summed E-state index contributed by atoms with van der Waals surface area (Å²) < 4.78 is 5.18. The summed E-state index contributed by atoms with van der Waals surface area (Å²) in [5.41, 5.74) is 2.45. The van der Waals surface area contributed by atoms with Crippen molar-refractivity contribution in [2.75, 3.05) is 12.4 Å². The van der Waals surface area contributed by atoms with E-state index in [1.165, 1.54) is 6.07 Å². The van der Waals surface area contributed by atoms with Gasteiger partial charge in [0.1, 0.15) is 5.75 Å². The van der Waals surface area contributed by atoms with Crippen LogP contribution < -0.4 is 10.1 Å². The van der Waals surface area contributed by atoms with E-state index >= 15 is 0 Å².